The lowest BCUT2D eigenvalue weighted by molar-refractivity contribution is -0.142. The van der Waals surface area contributed by atoms with E-state index in [0.717, 1.165) is 38.5 Å². The monoisotopic (exact) mass is 284 g/mol. The Balaban J connectivity index is 2.83. The Kier molecular flexibility index (Phi) is 6.30. The topological polar surface area (TPSA) is 69.6 Å². The van der Waals surface area contributed by atoms with Crippen LogP contribution in [0.2, 0.25) is 0 Å². The molecular weight excluding hydrogens is 256 g/mol. The van der Waals surface area contributed by atoms with Gasteiger partial charge in [0, 0.05) is 12.1 Å². The Morgan fingerprint density at radius 1 is 1.15 bits per heavy atom. The van der Waals surface area contributed by atoms with Crippen molar-refractivity contribution < 1.29 is 14.7 Å². The minimum Gasteiger partial charge on any atom is -0.480 e. The van der Waals surface area contributed by atoms with Gasteiger partial charge in [0.2, 0.25) is 0 Å². The number of nitrogens with one attached hydrogen (secondary N) is 1. The van der Waals surface area contributed by atoms with E-state index in [9.17, 15) is 14.7 Å². The van der Waals surface area contributed by atoms with E-state index < -0.39 is 12.0 Å². The number of likely N-dealkylation sites (tertiary alicyclic amines) is 1. The molecule has 1 aliphatic rings. The largest absolute Gasteiger partial charge is 0.480 e. The average Bonchev–Trinajstić information content (AvgIpc) is 2.70. The molecule has 5 nitrogen and oxygen atoms in total. The number of urea groups is 1. The Morgan fingerprint density at radius 3 is 2.25 bits per heavy atom. The summed E-state index contributed by atoms with van der Waals surface area (Å²) in [7, 11) is 0. The Labute approximate surface area is 121 Å². The van der Waals surface area contributed by atoms with E-state index in [1.54, 1.807) is 0 Å². The number of amides is 2. The molecule has 0 spiro atoms. The van der Waals surface area contributed by atoms with Crippen LogP contribution < -0.4 is 5.32 Å². The third kappa shape index (κ3) is 3.87. The first-order valence-corrected chi connectivity index (χ1v) is 7.81. The van der Waals surface area contributed by atoms with Gasteiger partial charge in [0.05, 0.1) is 0 Å². The molecule has 1 unspecified atom stereocenters. The SMILES string of the molecule is CCC(CC)(CC)NC(=O)N1CCCCCC1C(=O)O. The Bertz CT molecular complexity index is 332. The van der Waals surface area contributed by atoms with Crippen LogP contribution in [0.15, 0.2) is 0 Å². The van der Waals surface area contributed by atoms with Crippen molar-refractivity contribution in [1.82, 2.24) is 10.2 Å². The van der Waals surface area contributed by atoms with Gasteiger partial charge >= 0.3 is 12.0 Å². The molecule has 0 aromatic heterocycles. The molecule has 0 saturated carbocycles. The average molecular weight is 284 g/mol. The third-order valence-corrected chi connectivity index (χ3v) is 4.70. The summed E-state index contributed by atoms with van der Waals surface area (Å²) in [6.45, 7) is 6.72. The molecule has 0 bridgehead atoms. The summed E-state index contributed by atoms with van der Waals surface area (Å²) in [4.78, 5) is 25.4. The predicted octanol–water partition coefficient (Wildman–Crippen LogP) is 2.99. The van der Waals surface area contributed by atoms with E-state index in [-0.39, 0.29) is 11.6 Å². The molecule has 1 saturated heterocycles. The zero-order chi connectivity index (χ0) is 15.2. The molecule has 0 radical (unpaired) electrons. The number of aliphatic carboxylic acids is 1. The van der Waals surface area contributed by atoms with Crippen molar-refractivity contribution in [3.63, 3.8) is 0 Å². The Morgan fingerprint density at radius 2 is 1.75 bits per heavy atom. The van der Waals surface area contributed by atoms with E-state index in [1.165, 1.54) is 4.90 Å². The molecule has 5 heteroatoms. The molecule has 116 valence electrons. The summed E-state index contributed by atoms with van der Waals surface area (Å²) in [5, 5.41) is 12.4. The van der Waals surface area contributed by atoms with Crippen molar-refractivity contribution in [2.24, 2.45) is 0 Å². The lowest BCUT2D eigenvalue weighted by Gasteiger charge is -2.36. The fraction of sp³-hybridized carbons (Fsp3) is 0.867. The smallest absolute Gasteiger partial charge is 0.326 e. The van der Waals surface area contributed by atoms with E-state index in [0.29, 0.717) is 13.0 Å². The van der Waals surface area contributed by atoms with Gasteiger partial charge in [-0.1, -0.05) is 33.6 Å². The van der Waals surface area contributed by atoms with Crippen LogP contribution in [0.5, 0.6) is 0 Å². The quantitative estimate of drug-likeness (QED) is 0.815. The maximum atomic E-state index is 12.5. The molecule has 20 heavy (non-hydrogen) atoms. The number of hydrogen-bond donors (Lipinski definition) is 2. The predicted molar refractivity (Wildman–Crippen MR) is 78.7 cm³/mol. The second kappa shape index (κ2) is 7.50. The number of rotatable bonds is 5. The summed E-state index contributed by atoms with van der Waals surface area (Å²) in [5.41, 5.74) is -0.216. The molecule has 2 amide bonds. The molecule has 0 aromatic carbocycles. The fourth-order valence-corrected chi connectivity index (χ4v) is 2.92. The van der Waals surface area contributed by atoms with Gasteiger partial charge in [0.1, 0.15) is 6.04 Å². The molecule has 1 aliphatic heterocycles. The molecule has 0 aromatic rings. The van der Waals surface area contributed by atoms with Gasteiger partial charge in [-0.2, -0.15) is 0 Å². The highest BCUT2D eigenvalue weighted by molar-refractivity contribution is 5.83. The number of carbonyl (C=O) groups is 2. The van der Waals surface area contributed by atoms with E-state index in [1.807, 2.05) is 0 Å². The standard InChI is InChI=1S/C15H28N2O3/c1-4-15(5-2,6-3)16-14(20)17-11-9-7-8-10-12(17)13(18)19/h12H,4-11H2,1-3H3,(H,16,20)(H,18,19). The molecule has 1 fully saturated rings. The zero-order valence-corrected chi connectivity index (χ0v) is 12.9. The minimum absolute atomic E-state index is 0.216. The van der Waals surface area contributed by atoms with Gasteiger partial charge in [-0.25, -0.2) is 9.59 Å². The van der Waals surface area contributed by atoms with E-state index in [2.05, 4.69) is 26.1 Å². The van der Waals surface area contributed by atoms with Crippen LogP contribution in [0.1, 0.15) is 65.7 Å². The van der Waals surface area contributed by atoms with Gasteiger partial charge in [-0.05, 0) is 32.1 Å². The maximum Gasteiger partial charge on any atom is 0.326 e. The number of nitrogens with zero attached hydrogens (tertiary/aromatic N) is 1. The van der Waals surface area contributed by atoms with Gasteiger partial charge in [0.15, 0.2) is 0 Å². The van der Waals surface area contributed by atoms with Gasteiger partial charge in [0.25, 0.3) is 0 Å². The molecule has 1 rings (SSSR count). The van der Waals surface area contributed by atoms with Crippen molar-refractivity contribution in [1.29, 1.82) is 0 Å². The van der Waals surface area contributed by atoms with Gasteiger partial charge in [-0.15, -0.1) is 0 Å². The number of carbonyl (C=O) groups excluding carboxylic acids is 1. The van der Waals surface area contributed by atoms with Crippen molar-refractivity contribution in [2.45, 2.75) is 77.3 Å². The number of carboxylic acid groups (broad SMARTS) is 1. The van der Waals surface area contributed by atoms with Crippen molar-refractivity contribution >= 4 is 12.0 Å². The molecule has 0 aliphatic carbocycles. The van der Waals surface area contributed by atoms with Crippen LogP contribution in [0.3, 0.4) is 0 Å². The molecule has 1 atom stereocenters. The summed E-state index contributed by atoms with van der Waals surface area (Å²) in [6.07, 6.45) is 5.88. The van der Waals surface area contributed by atoms with Crippen molar-refractivity contribution in [3.8, 4) is 0 Å². The van der Waals surface area contributed by atoms with Crippen LogP contribution in [0.25, 0.3) is 0 Å². The lowest BCUT2D eigenvalue weighted by atomic mass is 9.90. The Hall–Kier alpha value is -1.26. The summed E-state index contributed by atoms with van der Waals surface area (Å²) in [6, 6.07) is -0.898. The summed E-state index contributed by atoms with van der Waals surface area (Å²) >= 11 is 0. The minimum atomic E-state index is -0.892. The van der Waals surface area contributed by atoms with Crippen molar-refractivity contribution in [3.05, 3.63) is 0 Å². The third-order valence-electron chi connectivity index (χ3n) is 4.70. The second-order valence-corrected chi connectivity index (χ2v) is 5.67. The number of carboxylic acids is 1. The fourth-order valence-electron chi connectivity index (χ4n) is 2.92. The zero-order valence-electron chi connectivity index (χ0n) is 12.9. The maximum absolute atomic E-state index is 12.5. The molecule has 2 N–H and O–H groups in total. The van der Waals surface area contributed by atoms with Crippen LogP contribution in [0, 0.1) is 0 Å². The second-order valence-electron chi connectivity index (χ2n) is 5.67. The van der Waals surface area contributed by atoms with Crippen LogP contribution in [-0.4, -0.2) is 40.1 Å². The summed E-state index contributed by atoms with van der Waals surface area (Å²) < 4.78 is 0. The van der Waals surface area contributed by atoms with Crippen molar-refractivity contribution in [2.75, 3.05) is 6.54 Å². The number of hydrogen-bond acceptors (Lipinski definition) is 2. The van der Waals surface area contributed by atoms with E-state index in [4.69, 9.17) is 0 Å². The van der Waals surface area contributed by atoms with Crippen LogP contribution in [-0.2, 0) is 4.79 Å². The first-order chi connectivity index (χ1) is 9.49. The molecule has 1 heterocycles. The first kappa shape index (κ1) is 16.8. The van der Waals surface area contributed by atoms with E-state index >= 15 is 0 Å². The van der Waals surface area contributed by atoms with Gasteiger partial charge in [-0.3, -0.25) is 0 Å². The first-order valence-electron chi connectivity index (χ1n) is 7.81. The highest BCUT2D eigenvalue weighted by Crippen LogP contribution is 2.22. The molecular formula is C15H28N2O3. The normalized spacial score (nSPS) is 20.4. The van der Waals surface area contributed by atoms with Gasteiger partial charge < -0.3 is 15.3 Å². The highest BCUT2D eigenvalue weighted by Gasteiger charge is 2.34. The lowest BCUT2D eigenvalue weighted by Crippen LogP contribution is -2.56. The highest BCUT2D eigenvalue weighted by atomic mass is 16.4. The van der Waals surface area contributed by atoms with Crippen LogP contribution >= 0.6 is 0 Å². The van der Waals surface area contributed by atoms with Crippen LogP contribution in [0.4, 0.5) is 4.79 Å². The summed E-state index contributed by atoms with van der Waals surface area (Å²) in [5.74, 6) is -0.892.